The van der Waals surface area contributed by atoms with E-state index in [1.165, 1.54) is 0 Å². The number of likely N-dealkylation sites (N-methyl/N-ethyl adjacent to an activating group) is 1. The number of aryl methyl sites for hydroxylation is 1. The number of rotatable bonds is 5. The van der Waals surface area contributed by atoms with E-state index < -0.39 is 0 Å². The average Bonchev–Trinajstić information content (AvgIpc) is 2.22. The highest BCUT2D eigenvalue weighted by molar-refractivity contribution is 9.10. The van der Waals surface area contributed by atoms with Crippen LogP contribution in [0.1, 0.15) is 5.56 Å². The van der Waals surface area contributed by atoms with Crippen molar-refractivity contribution in [1.82, 2.24) is 4.90 Å². The van der Waals surface area contributed by atoms with Gasteiger partial charge in [-0.1, -0.05) is 6.07 Å². The van der Waals surface area contributed by atoms with Gasteiger partial charge in [0.15, 0.2) is 0 Å². The minimum Gasteiger partial charge on any atom is -0.329 e. The molecule has 0 radical (unpaired) electrons. The topological polar surface area (TPSA) is 58.4 Å². The van der Waals surface area contributed by atoms with Crippen LogP contribution in [0.25, 0.3) is 0 Å². The van der Waals surface area contributed by atoms with Gasteiger partial charge in [0.1, 0.15) is 0 Å². The van der Waals surface area contributed by atoms with Crippen LogP contribution in [0.5, 0.6) is 0 Å². The molecule has 3 N–H and O–H groups in total. The predicted octanol–water partition coefficient (Wildman–Crippen LogP) is 1.59. The smallest absolute Gasteiger partial charge is 0.238 e. The monoisotopic (exact) mass is 299 g/mol. The number of carbonyl (C=O) groups excluding carboxylic acids is 1. The number of benzene rings is 1. The number of nitrogens with one attached hydrogen (secondary N) is 1. The molecule has 0 bridgehead atoms. The molecule has 1 aromatic carbocycles. The van der Waals surface area contributed by atoms with E-state index >= 15 is 0 Å². The van der Waals surface area contributed by atoms with Crippen molar-refractivity contribution in [2.45, 2.75) is 6.92 Å². The van der Waals surface area contributed by atoms with Crippen LogP contribution < -0.4 is 11.1 Å². The van der Waals surface area contributed by atoms with Crippen LogP contribution in [-0.2, 0) is 4.79 Å². The molecule has 0 fully saturated rings. The first-order valence-corrected chi connectivity index (χ1v) is 6.27. The van der Waals surface area contributed by atoms with Crippen molar-refractivity contribution in [1.29, 1.82) is 0 Å². The van der Waals surface area contributed by atoms with Gasteiger partial charge in [-0.2, -0.15) is 0 Å². The zero-order chi connectivity index (χ0) is 12.8. The summed E-state index contributed by atoms with van der Waals surface area (Å²) in [4.78, 5) is 13.6. The van der Waals surface area contributed by atoms with E-state index in [-0.39, 0.29) is 5.91 Å². The predicted molar refractivity (Wildman–Crippen MR) is 74.1 cm³/mol. The van der Waals surface area contributed by atoms with Gasteiger partial charge in [0.2, 0.25) is 5.91 Å². The highest BCUT2D eigenvalue weighted by Gasteiger charge is 2.08. The first-order chi connectivity index (χ1) is 8.02. The van der Waals surface area contributed by atoms with Crippen LogP contribution in [0.15, 0.2) is 22.7 Å². The Kier molecular flexibility index (Phi) is 5.61. The average molecular weight is 300 g/mol. The summed E-state index contributed by atoms with van der Waals surface area (Å²) in [5, 5.41) is 2.86. The molecule has 0 unspecified atom stereocenters. The summed E-state index contributed by atoms with van der Waals surface area (Å²) >= 11 is 3.42. The van der Waals surface area contributed by atoms with Crippen molar-refractivity contribution < 1.29 is 4.79 Å². The molecule has 94 valence electrons. The third-order valence-corrected chi connectivity index (χ3v) is 2.98. The van der Waals surface area contributed by atoms with E-state index in [0.29, 0.717) is 19.6 Å². The maximum atomic E-state index is 11.7. The lowest BCUT2D eigenvalue weighted by atomic mass is 10.2. The molecule has 17 heavy (non-hydrogen) atoms. The van der Waals surface area contributed by atoms with Gasteiger partial charge in [0, 0.05) is 17.6 Å². The molecule has 1 aromatic rings. The Bertz CT molecular complexity index is 395. The maximum absolute atomic E-state index is 11.7. The van der Waals surface area contributed by atoms with Crippen LogP contribution in [-0.4, -0.2) is 37.5 Å². The number of nitrogens with zero attached hydrogens (tertiary/aromatic N) is 1. The summed E-state index contributed by atoms with van der Waals surface area (Å²) in [5.74, 6) is -0.0366. The molecule has 0 heterocycles. The normalized spacial score (nSPS) is 10.6. The molecule has 1 amide bonds. The molecule has 0 atom stereocenters. The van der Waals surface area contributed by atoms with Crippen molar-refractivity contribution in [3.05, 3.63) is 28.2 Å². The second-order valence-corrected chi connectivity index (χ2v) is 4.91. The van der Waals surface area contributed by atoms with E-state index in [2.05, 4.69) is 21.2 Å². The summed E-state index contributed by atoms with van der Waals surface area (Å²) in [6.07, 6.45) is 0. The standard InChI is InChI=1S/C12H18BrN3O/c1-9-3-4-11(10(13)7-9)15-12(17)8-16(2)6-5-14/h3-4,7H,5-6,8,14H2,1-2H3,(H,15,17). The fourth-order valence-corrected chi connectivity index (χ4v) is 2.05. The summed E-state index contributed by atoms with van der Waals surface area (Å²) in [6, 6.07) is 5.82. The van der Waals surface area contributed by atoms with Crippen LogP contribution >= 0.6 is 15.9 Å². The summed E-state index contributed by atoms with van der Waals surface area (Å²) < 4.78 is 0.896. The highest BCUT2D eigenvalue weighted by atomic mass is 79.9. The second-order valence-electron chi connectivity index (χ2n) is 4.06. The van der Waals surface area contributed by atoms with Gasteiger partial charge in [0.05, 0.1) is 12.2 Å². The minimum atomic E-state index is -0.0366. The number of amides is 1. The van der Waals surface area contributed by atoms with E-state index in [9.17, 15) is 4.79 Å². The third kappa shape index (κ3) is 4.85. The van der Waals surface area contributed by atoms with Crippen molar-refractivity contribution in [3.8, 4) is 0 Å². The van der Waals surface area contributed by atoms with Crippen LogP contribution in [0.3, 0.4) is 0 Å². The Morgan fingerprint density at radius 2 is 2.24 bits per heavy atom. The molecule has 0 aromatic heterocycles. The van der Waals surface area contributed by atoms with Gasteiger partial charge >= 0.3 is 0 Å². The number of carbonyl (C=O) groups is 1. The molecule has 0 saturated heterocycles. The van der Waals surface area contributed by atoms with Crippen LogP contribution in [0.2, 0.25) is 0 Å². The quantitative estimate of drug-likeness (QED) is 0.868. The Morgan fingerprint density at radius 1 is 1.53 bits per heavy atom. The number of hydrogen-bond acceptors (Lipinski definition) is 3. The summed E-state index contributed by atoms with van der Waals surface area (Å²) in [7, 11) is 1.87. The molecule has 0 spiro atoms. The van der Waals surface area contributed by atoms with Gasteiger partial charge in [-0.05, 0) is 47.6 Å². The van der Waals surface area contributed by atoms with Crippen LogP contribution in [0, 0.1) is 6.92 Å². The number of halogens is 1. The number of hydrogen-bond donors (Lipinski definition) is 2. The van der Waals surface area contributed by atoms with Gasteiger partial charge in [-0.25, -0.2) is 0 Å². The number of anilines is 1. The maximum Gasteiger partial charge on any atom is 0.238 e. The van der Waals surface area contributed by atoms with E-state index in [4.69, 9.17) is 5.73 Å². The van der Waals surface area contributed by atoms with Crippen molar-refractivity contribution >= 4 is 27.5 Å². The second kappa shape index (κ2) is 6.74. The molecule has 1 rings (SSSR count). The van der Waals surface area contributed by atoms with Crippen molar-refractivity contribution in [2.75, 3.05) is 32.0 Å². The fourth-order valence-electron chi connectivity index (χ4n) is 1.46. The lowest BCUT2D eigenvalue weighted by Gasteiger charge is -2.15. The van der Waals surface area contributed by atoms with Gasteiger partial charge < -0.3 is 11.1 Å². The summed E-state index contributed by atoms with van der Waals surface area (Å²) in [5.41, 5.74) is 7.36. The molecular weight excluding hydrogens is 282 g/mol. The molecule has 4 nitrogen and oxygen atoms in total. The SMILES string of the molecule is Cc1ccc(NC(=O)CN(C)CCN)c(Br)c1. The fraction of sp³-hybridized carbons (Fsp3) is 0.417. The Hall–Kier alpha value is -0.910. The lowest BCUT2D eigenvalue weighted by Crippen LogP contribution is -2.33. The molecular formula is C12H18BrN3O. The third-order valence-electron chi connectivity index (χ3n) is 2.32. The molecule has 5 heteroatoms. The Balaban J connectivity index is 2.56. The van der Waals surface area contributed by atoms with Gasteiger partial charge in [0.25, 0.3) is 0 Å². The van der Waals surface area contributed by atoms with Crippen LogP contribution in [0.4, 0.5) is 5.69 Å². The highest BCUT2D eigenvalue weighted by Crippen LogP contribution is 2.23. The van der Waals surface area contributed by atoms with E-state index in [1.807, 2.05) is 37.1 Å². The van der Waals surface area contributed by atoms with Crippen molar-refractivity contribution in [3.63, 3.8) is 0 Å². The Labute approximate surface area is 110 Å². The van der Waals surface area contributed by atoms with E-state index in [0.717, 1.165) is 15.7 Å². The number of nitrogens with two attached hydrogens (primary N) is 1. The molecule has 0 aliphatic heterocycles. The van der Waals surface area contributed by atoms with Gasteiger partial charge in [-0.3, -0.25) is 9.69 Å². The first-order valence-electron chi connectivity index (χ1n) is 5.47. The van der Waals surface area contributed by atoms with Crippen molar-refractivity contribution in [2.24, 2.45) is 5.73 Å². The summed E-state index contributed by atoms with van der Waals surface area (Å²) in [6.45, 7) is 3.61. The minimum absolute atomic E-state index is 0.0366. The molecule has 0 aliphatic carbocycles. The van der Waals surface area contributed by atoms with E-state index in [1.54, 1.807) is 0 Å². The molecule has 0 aliphatic rings. The first kappa shape index (κ1) is 14.2. The Morgan fingerprint density at radius 3 is 2.82 bits per heavy atom. The van der Waals surface area contributed by atoms with Gasteiger partial charge in [-0.15, -0.1) is 0 Å². The zero-order valence-corrected chi connectivity index (χ0v) is 11.8. The zero-order valence-electron chi connectivity index (χ0n) is 10.2. The molecule has 0 saturated carbocycles. The lowest BCUT2D eigenvalue weighted by molar-refractivity contribution is -0.117. The largest absolute Gasteiger partial charge is 0.329 e.